The van der Waals surface area contributed by atoms with Crippen molar-refractivity contribution in [1.82, 2.24) is 5.32 Å². The summed E-state index contributed by atoms with van der Waals surface area (Å²) in [6.07, 6.45) is -4.77. The fourth-order valence-corrected chi connectivity index (χ4v) is 3.66. The second-order valence-corrected chi connectivity index (χ2v) is 5.98. The minimum absolute atomic E-state index is 0.0793. The summed E-state index contributed by atoms with van der Waals surface area (Å²) in [6.45, 7) is 4.51. The Balaban J connectivity index is 2.75. The van der Waals surface area contributed by atoms with E-state index in [1.54, 1.807) is 0 Å². The van der Waals surface area contributed by atoms with E-state index in [0.717, 1.165) is 14.2 Å². The van der Waals surface area contributed by atoms with Gasteiger partial charge in [-0.15, -0.1) is 11.3 Å². The highest BCUT2D eigenvalue weighted by Crippen LogP contribution is 2.36. The largest absolute Gasteiger partial charge is 0.389 e. The second kappa shape index (κ2) is 6.20. The molecule has 0 amide bonds. The molecule has 0 spiro atoms. The van der Waals surface area contributed by atoms with Crippen molar-refractivity contribution in [2.45, 2.75) is 38.9 Å². The van der Waals surface area contributed by atoms with Crippen LogP contribution in [0.1, 0.15) is 35.6 Å². The molecule has 0 fully saturated rings. The first kappa shape index (κ1) is 15.0. The predicted octanol–water partition coefficient (Wildman–Crippen LogP) is 4.81. The Morgan fingerprint density at radius 1 is 1.47 bits per heavy atom. The third-order valence-corrected chi connectivity index (χ3v) is 4.40. The lowest BCUT2D eigenvalue weighted by Crippen LogP contribution is -2.22. The number of thiophene rings is 1. The van der Waals surface area contributed by atoms with Crippen molar-refractivity contribution in [3.63, 3.8) is 0 Å². The Labute approximate surface area is 112 Å². The van der Waals surface area contributed by atoms with E-state index < -0.39 is 12.6 Å². The molecular formula is C11H15BrF3NS. The summed E-state index contributed by atoms with van der Waals surface area (Å²) in [6, 6.07) is 1.72. The topological polar surface area (TPSA) is 12.0 Å². The number of nitrogens with one attached hydrogen (secondary N) is 1. The molecule has 98 valence electrons. The fourth-order valence-electron chi connectivity index (χ4n) is 1.62. The van der Waals surface area contributed by atoms with Gasteiger partial charge < -0.3 is 5.32 Å². The van der Waals surface area contributed by atoms with Gasteiger partial charge in [-0.3, -0.25) is 0 Å². The van der Waals surface area contributed by atoms with E-state index in [9.17, 15) is 13.2 Å². The van der Waals surface area contributed by atoms with Crippen molar-refractivity contribution < 1.29 is 13.2 Å². The van der Waals surface area contributed by atoms with E-state index in [0.29, 0.717) is 6.54 Å². The minimum Gasteiger partial charge on any atom is -0.309 e. The van der Waals surface area contributed by atoms with Gasteiger partial charge in [-0.2, -0.15) is 13.2 Å². The summed E-state index contributed by atoms with van der Waals surface area (Å²) in [5, 5.41) is 3.11. The SMILES string of the molecule is CCNC(CCC(F)(F)F)c1sc(C)cc1Br. The highest BCUT2D eigenvalue weighted by Gasteiger charge is 2.29. The molecule has 1 atom stereocenters. The highest BCUT2D eigenvalue weighted by molar-refractivity contribution is 9.10. The summed E-state index contributed by atoms with van der Waals surface area (Å²) in [5.41, 5.74) is 0. The molecule has 1 unspecified atom stereocenters. The molecule has 0 bridgehead atoms. The molecule has 0 aliphatic heterocycles. The van der Waals surface area contributed by atoms with Crippen molar-refractivity contribution >= 4 is 27.3 Å². The molecule has 1 nitrogen and oxygen atoms in total. The Hall–Kier alpha value is -0.0700. The molecule has 1 aromatic heterocycles. The number of hydrogen-bond donors (Lipinski definition) is 1. The maximum absolute atomic E-state index is 12.2. The van der Waals surface area contributed by atoms with Gasteiger partial charge in [-0.1, -0.05) is 6.92 Å². The highest BCUT2D eigenvalue weighted by atomic mass is 79.9. The van der Waals surface area contributed by atoms with Crippen molar-refractivity contribution in [2.24, 2.45) is 0 Å². The molecule has 1 rings (SSSR count). The molecule has 0 aliphatic carbocycles. The van der Waals surface area contributed by atoms with Crippen LogP contribution in [0, 0.1) is 6.92 Å². The van der Waals surface area contributed by atoms with Crippen LogP contribution in [0.3, 0.4) is 0 Å². The molecule has 0 aromatic carbocycles. The van der Waals surface area contributed by atoms with Crippen LogP contribution in [0.2, 0.25) is 0 Å². The van der Waals surface area contributed by atoms with Gasteiger partial charge in [-0.25, -0.2) is 0 Å². The van der Waals surface area contributed by atoms with Crippen molar-refractivity contribution in [1.29, 1.82) is 0 Å². The smallest absolute Gasteiger partial charge is 0.309 e. The van der Waals surface area contributed by atoms with Gasteiger partial charge in [0.2, 0.25) is 0 Å². The predicted molar refractivity (Wildman–Crippen MR) is 68.5 cm³/mol. The first-order valence-electron chi connectivity index (χ1n) is 5.39. The zero-order chi connectivity index (χ0) is 13.1. The normalized spacial score (nSPS) is 14.0. The minimum atomic E-state index is -4.09. The van der Waals surface area contributed by atoms with E-state index in [-0.39, 0.29) is 12.5 Å². The zero-order valence-electron chi connectivity index (χ0n) is 9.70. The zero-order valence-corrected chi connectivity index (χ0v) is 12.1. The van der Waals surface area contributed by atoms with Crippen molar-refractivity contribution in [3.8, 4) is 0 Å². The van der Waals surface area contributed by atoms with Gasteiger partial charge in [0.1, 0.15) is 0 Å². The number of alkyl halides is 3. The average molecular weight is 330 g/mol. The molecule has 1 N–H and O–H groups in total. The third kappa shape index (κ3) is 4.97. The van der Waals surface area contributed by atoms with E-state index in [1.165, 1.54) is 11.3 Å². The average Bonchev–Trinajstić information content (AvgIpc) is 2.51. The first-order chi connectivity index (χ1) is 7.83. The van der Waals surface area contributed by atoms with E-state index in [2.05, 4.69) is 21.2 Å². The number of rotatable bonds is 5. The Kier molecular flexibility index (Phi) is 5.47. The van der Waals surface area contributed by atoms with E-state index in [1.807, 2.05) is 19.9 Å². The molecule has 17 heavy (non-hydrogen) atoms. The fraction of sp³-hybridized carbons (Fsp3) is 0.636. The summed E-state index contributed by atoms with van der Waals surface area (Å²) in [5.74, 6) is 0. The van der Waals surface area contributed by atoms with Crippen LogP contribution in [0.25, 0.3) is 0 Å². The van der Waals surface area contributed by atoms with Crippen LogP contribution in [-0.2, 0) is 0 Å². The molecule has 0 saturated heterocycles. The second-order valence-electron chi connectivity index (χ2n) is 3.83. The van der Waals surface area contributed by atoms with Gasteiger partial charge in [0, 0.05) is 26.7 Å². The molecule has 0 aliphatic rings. The molecular weight excluding hydrogens is 315 g/mol. The molecule has 6 heteroatoms. The summed E-state index contributed by atoms with van der Waals surface area (Å²) < 4.78 is 37.6. The molecule has 1 aromatic rings. The number of hydrogen-bond acceptors (Lipinski definition) is 2. The molecule has 0 radical (unpaired) electrons. The molecule has 0 saturated carbocycles. The first-order valence-corrected chi connectivity index (χ1v) is 7.00. The van der Waals surface area contributed by atoms with Gasteiger partial charge in [0.05, 0.1) is 0 Å². The maximum Gasteiger partial charge on any atom is 0.389 e. The van der Waals surface area contributed by atoms with Crippen LogP contribution in [0.5, 0.6) is 0 Å². The summed E-state index contributed by atoms with van der Waals surface area (Å²) >= 11 is 4.93. The third-order valence-electron chi connectivity index (χ3n) is 2.32. The van der Waals surface area contributed by atoms with Crippen LogP contribution in [-0.4, -0.2) is 12.7 Å². The number of halogens is 4. The van der Waals surface area contributed by atoms with Crippen LogP contribution >= 0.6 is 27.3 Å². The Bertz CT molecular complexity index is 362. The van der Waals surface area contributed by atoms with Crippen LogP contribution in [0.4, 0.5) is 13.2 Å². The lowest BCUT2D eigenvalue weighted by Gasteiger charge is -2.18. The van der Waals surface area contributed by atoms with E-state index >= 15 is 0 Å². The lowest BCUT2D eigenvalue weighted by atomic mass is 10.1. The Morgan fingerprint density at radius 2 is 2.12 bits per heavy atom. The summed E-state index contributed by atoms with van der Waals surface area (Å²) in [4.78, 5) is 2.05. The van der Waals surface area contributed by atoms with E-state index in [4.69, 9.17) is 0 Å². The monoisotopic (exact) mass is 329 g/mol. The number of aryl methyl sites for hydroxylation is 1. The lowest BCUT2D eigenvalue weighted by molar-refractivity contribution is -0.136. The Morgan fingerprint density at radius 3 is 2.53 bits per heavy atom. The van der Waals surface area contributed by atoms with Crippen LogP contribution in [0.15, 0.2) is 10.5 Å². The van der Waals surface area contributed by atoms with Gasteiger partial charge in [0.15, 0.2) is 0 Å². The maximum atomic E-state index is 12.2. The van der Waals surface area contributed by atoms with Crippen molar-refractivity contribution in [2.75, 3.05) is 6.54 Å². The van der Waals surface area contributed by atoms with Crippen LogP contribution < -0.4 is 5.32 Å². The van der Waals surface area contributed by atoms with Gasteiger partial charge in [-0.05, 0) is 41.9 Å². The van der Waals surface area contributed by atoms with Crippen molar-refractivity contribution in [3.05, 3.63) is 20.3 Å². The van der Waals surface area contributed by atoms with Gasteiger partial charge in [0.25, 0.3) is 0 Å². The molecule has 1 heterocycles. The van der Waals surface area contributed by atoms with Gasteiger partial charge >= 0.3 is 6.18 Å². The summed E-state index contributed by atoms with van der Waals surface area (Å²) in [7, 11) is 0. The quantitative estimate of drug-likeness (QED) is 0.817. The standard InChI is InChI=1S/C11H15BrF3NS/c1-3-16-9(4-5-11(13,14)15)10-8(12)6-7(2)17-10/h6,9,16H,3-5H2,1-2H3.